The largest absolute Gasteiger partial charge is 0.492 e. The molecule has 2 heterocycles. The van der Waals surface area contributed by atoms with E-state index in [4.69, 9.17) is 9.47 Å². The highest BCUT2D eigenvalue weighted by Crippen LogP contribution is 2.25. The van der Waals surface area contributed by atoms with E-state index in [0.717, 1.165) is 72.4 Å². The molecular weight excluding hydrogens is 374 g/mol. The van der Waals surface area contributed by atoms with Gasteiger partial charge in [0.15, 0.2) is 5.16 Å². The average Bonchev–Trinajstić information content (AvgIpc) is 3.16. The summed E-state index contributed by atoms with van der Waals surface area (Å²) in [5.74, 6) is 1.65. The highest BCUT2D eigenvalue weighted by atomic mass is 32.2. The lowest BCUT2D eigenvalue weighted by molar-refractivity contribution is 0.0322. The molecule has 7 heteroatoms. The number of H-pyrrole nitrogens is 1. The minimum Gasteiger partial charge on any atom is -0.492 e. The van der Waals surface area contributed by atoms with E-state index in [1.54, 1.807) is 11.8 Å². The van der Waals surface area contributed by atoms with Crippen molar-refractivity contribution >= 4 is 29.1 Å². The number of carbonyl (C=O) groups excluding carboxylic acids is 1. The molecule has 1 fully saturated rings. The Morgan fingerprint density at radius 1 is 1.18 bits per heavy atom. The first-order valence-corrected chi connectivity index (χ1v) is 10.4. The number of ether oxygens (including phenoxy) is 2. The third kappa shape index (κ3) is 4.92. The molecule has 1 aliphatic rings. The van der Waals surface area contributed by atoms with Gasteiger partial charge in [0.2, 0.25) is 0 Å². The Hall–Kier alpha value is -2.35. The minimum absolute atomic E-state index is 0.665. The summed E-state index contributed by atoms with van der Waals surface area (Å²) in [6.45, 7) is 5.14. The fourth-order valence-electron chi connectivity index (χ4n) is 3.08. The topological polar surface area (TPSA) is 67.4 Å². The second kappa shape index (κ2) is 9.23. The number of nitrogens with one attached hydrogen (secondary N) is 1. The number of hydrogen-bond donors (Lipinski definition) is 1. The Labute approximate surface area is 168 Å². The van der Waals surface area contributed by atoms with E-state index in [1.165, 1.54) is 0 Å². The maximum absolute atomic E-state index is 10.7. The van der Waals surface area contributed by atoms with Gasteiger partial charge in [0.1, 0.15) is 18.6 Å². The molecule has 0 aliphatic carbocycles. The smallest absolute Gasteiger partial charge is 0.166 e. The summed E-state index contributed by atoms with van der Waals surface area (Å²) in [7, 11) is 0. The molecule has 2 aromatic carbocycles. The third-order valence-corrected chi connectivity index (χ3v) is 5.65. The van der Waals surface area contributed by atoms with Crippen molar-refractivity contribution in [1.82, 2.24) is 14.9 Å². The zero-order valence-corrected chi connectivity index (χ0v) is 16.4. The Bertz CT molecular complexity index is 920. The highest BCUT2D eigenvalue weighted by molar-refractivity contribution is 7.98. The number of nitrogens with zero attached hydrogens (tertiary/aromatic N) is 2. The summed E-state index contributed by atoms with van der Waals surface area (Å²) in [5.41, 5.74) is 3.75. The van der Waals surface area contributed by atoms with Gasteiger partial charge in [0.05, 0.1) is 24.2 Å². The molecule has 4 rings (SSSR count). The molecule has 146 valence electrons. The van der Waals surface area contributed by atoms with Crippen molar-refractivity contribution in [2.75, 3.05) is 39.5 Å². The molecule has 1 aliphatic heterocycles. The van der Waals surface area contributed by atoms with Crippen LogP contribution in [0.15, 0.2) is 47.6 Å². The van der Waals surface area contributed by atoms with Crippen LogP contribution in [-0.4, -0.2) is 60.6 Å². The number of rotatable bonds is 8. The van der Waals surface area contributed by atoms with E-state index in [-0.39, 0.29) is 0 Å². The van der Waals surface area contributed by atoms with Gasteiger partial charge in [-0.3, -0.25) is 9.69 Å². The number of aromatic amines is 1. The molecule has 0 amide bonds. The monoisotopic (exact) mass is 397 g/mol. The lowest BCUT2D eigenvalue weighted by atomic mass is 10.2. The van der Waals surface area contributed by atoms with Crippen molar-refractivity contribution in [1.29, 1.82) is 0 Å². The number of morpholine rings is 1. The second-order valence-electron chi connectivity index (χ2n) is 6.67. The average molecular weight is 398 g/mol. The summed E-state index contributed by atoms with van der Waals surface area (Å²) in [5, 5.41) is 0.875. The van der Waals surface area contributed by atoms with Crippen LogP contribution in [0.2, 0.25) is 0 Å². The van der Waals surface area contributed by atoms with Crippen LogP contribution in [0, 0.1) is 0 Å². The number of benzene rings is 2. The minimum atomic E-state index is 0.665. The summed E-state index contributed by atoms with van der Waals surface area (Å²) in [6.07, 6.45) is 0.858. The van der Waals surface area contributed by atoms with E-state index >= 15 is 0 Å². The molecule has 0 bridgehead atoms. The zero-order chi connectivity index (χ0) is 19.2. The number of thioether (sulfide) groups is 1. The van der Waals surface area contributed by atoms with Crippen LogP contribution in [0.4, 0.5) is 0 Å². The second-order valence-corrected chi connectivity index (χ2v) is 7.64. The normalized spacial score (nSPS) is 15.0. The van der Waals surface area contributed by atoms with Crippen LogP contribution in [0.5, 0.6) is 5.75 Å². The molecule has 0 radical (unpaired) electrons. The predicted molar refractivity (Wildman–Crippen MR) is 110 cm³/mol. The van der Waals surface area contributed by atoms with Crippen LogP contribution in [0.3, 0.4) is 0 Å². The first-order valence-electron chi connectivity index (χ1n) is 9.40. The molecule has 0 unspecified atom stereocenters. The van der Waals surface area contributed by atoms with E-state index < -0.39 is 0 Å². The van der Waals surface area contributed by atoms with E-state index in [0.29, 0.717) is 12.2 Å². The Morgan fingerprint density at radius 3 is 2.79 bits per heavy atom. The number of hydrogen-bond acceptors (Lipinski definition) is 6. The standard InChI is InChI=1S/C21H23N3O3S/c25-14-16-1-3-17(4-2-16)15-28-21-22-19-6-5-18(13-20(19)23-21)27-12-9-24-7-10-26-11-8-24/h1-6,13-14H,7-12,15H2,(H,22,23). The molecular formula is C21H23N3O3S. The summed E-state index contributed by atoms with van der Waals surface area (Å²) < 4.78 is 11.3. The van der Waals surface area contributed by atoms with Crippen LogP contribution >= 0.6 is 11.8 Å². The summed E-state index contributed by atoms with van der Waals surface area (Å²) in [6, 6.07) is 13.6. The van der Waals surface area contributed by atoms with Crippen LogP contribution in [0.25, 0.3) is 11.0 Å². The molecule has 0 atom stereocenters. The number of fused-ring (bicyclic) bond motifs is 1. The van der Waals surface area contributed by atoms with Crippen molar-refractivity contribution in [3.8, 4) is 5.75 Å². The zero-order valence-electron chi connectivity index (χ0n) is 15.6. The van der Waals surface area contributed by atoms with E-state index in [1.807, 2.05) is 42.5 Å². The SMILES string of the molecule is O=Cc1ccc(CSc2nc3ccc(OCCN4CCOCC4)cc3[nH]2)cc1. The van der Waals surface area contributed by atoms with Gasteiger partial charge >= 0.3 is 0 Å². The first-order chi connectivity index (χ1) is 13.8. The van der Waals surface area contributed by atoms with Gasteiger partial charge in [-0.15, -0.1) is 0 Å². The van der Waals surface area contributed by atoms with Crippen LogP contribution in [-0.2, 0) is 10.5 Å². The molecule has 0 saturated carbocycles. The maximum Gasteiger partial charge on any atom is 0.166 e. The van der Waals surface area contributed by atoms with Crippen LogP contribution in [0.1, 0.15) is 15.9 Å². The number of aromatic nitrogens is 2. The van der Waals surface area contributed by atoms with E-state index in [2.05, 4.69) is 14.9 Å². The van der Waals surface area contributed by atoms with Gasteiger partial charge in [0.25, 0.3) is 0 Å². The lowest BCUT2D eigenvalue weighted by Crippen LogP contribution is -2.38. The van der Waals surface area contributed by atoms with Crippen molar-refractivity contribution < 1.29 is 14.3 Å². The van der Waals surface area contributed by atoms with Crippen molar-refractivity contribution in [3.05, 3.63) is 53.6 Å². The molecule has 6 nitrogen and oxygen atoms in total. The van der Waals surface area contributed by atoms with Crippen molar-refractivity contribution in [2.45, 2.75) is 10.9 Å². The van der Waals surface area contributed by atoms with Gasteiger partial charge in [-0.25, -0.2) is 4.98 Å². The number of imidazole rings is 1. The molecule has 0 spiro atoms. The van der Waals surface area contributed by atoms with Gasteiger partial charge in [0, 0.05) is 37.0 Å². The van der Waals surface area contributed by atoms with Gasteiger partial charge < -0.3 is 14.5 Å². The van der Waals surface area contributed by atoms with Gasteiger partial charge in [-0.2, -0.15) is 0 Å². The summed E-state index contributed by atoms with van der Waals surface area (Å²) in [4.78, 5) is 21.1. The Morgan fingerprint density at radius 2 is 2.00 bits per heavy atom. The van der Waals surface area contributed by atoms with Gasteiger partial charge in [-0.1, -0.05) is 36.0 Å². The van der Waals surface area contributed by atoms with Crippen molar-refractivity contribution in [2.24, 2.45) is 0 Å². The predicted octanol–water partition coefficient (Wildman–Crippen LogP) is 3.38. The fraction of sp³-hybridized carbons (Fsp3) is 0.333. The van der Waals surface area contributed by atoms with Crippen LogP contribution < -0.4 is 4.74 Å². The Kier molecular flexibility index (Phi) is 6.26. The summed E-state index contributed by atoms with van der Waals surface area (Å²) >= 11 is 1.64. The maximum atomic E-state index is 10.7. The first kappa shape index (κ1) is 19.0. The third-order valence-electron chi connectivity index (χ3n) is 4.70. The Balaban J connectivity index is 1.32. The number of aldehydes is 1. The fourth-order valence-corrected chi connectivity index (χ4v) is 3.93. The number of carbonyl (C=O) groups is 1. The lowest BCUT2D eigenvalue weighted by Gasteiger charge is -2.26. The van der Waals surface area contributed by atoms with E-state index in [9.17, 15) is 4.79 Å². The molecule has 28 heavy (non-hydrogen) atoms. The molecule has 3 aromatic rings. The van der Waals surface area contributed by atoms with Gasteiger partial charge in [-0.05, 0) is 17.7 Å². The van der Waals surface area contributed by atoms with Crippen molar-refractivity contribution in [3.63, 3.8) is 0 Å². The molecule has 1 saturated heterocycles. The molecule has 1 N–H and O–H groups in total. The molecule has 1 aromatic heterocycles. The highest BCUT2D eigenvalue weighted by Gasteiger charge is 2.10. The quantitative estimate of drug-likeness (QED) is 0.464.